The van der Waals surface area contributed by atoms with E-state index in [1.807, 2.05) is 6.20 Å². The number of likely N-dealkylation sites (tertiary alicyclic amines) is 1. The van der Waals surface area contributed by atoms with Gasteiger partial charge in [-0.3, -0.25) is 4.90 Å². The fourth-order valence-electron chi connectivity index (χ4n) is 6.75. The van der Waals surface area contributed by atoms with E-state index < -0.39 is 11.8 Å². The molecule has 2 aliphatic rings. The molecule has 47 heavy (non-hydrogen) atoms. The lowest BCUT2D eigenvalue weighted by atomic mass is 10.1. The van der Waals surface area contributed by atoms with E-state index in [-0.39, 0.29) is 36.1 Å². The van der Waals surface area contributed by atoms with Crippen molar-refractivity contribution in [1.82, 2.24) is 29.0 Å². The number of ether oxygens (including phenoxy) is 3. The van der Waals surface area contributed by atoms with E-state index in [1.54, 1.807) is 37.7 Å². The maximum absolute atomic E-state index is 15.0. The van der Waals surface area contributed by atoms with Gasteiger partial charge in [0.25, 0.3) is 0 Å². The largest absolute Gasteiger partial charge is 0.494 e. The molecule has 4 heterocycles. The van der Waals surface area contributed by atoms with Gasteiger partial charge in [0.05, 0.1) is 56.1 Å². The predicted octanol–water partition coefficient (Wildman–Crippen LogP) is 5.85. The molecule has 0 radical (unpaired) electrons. The molecule has 0 bridgehead atoms. The van der Waals surface area contributed by atoms with Crippen LogP contribution in [0.15, 0.2) is 55.0 Å². The molecule has 1 saturated heterocycles. The highest BCUT2D eigenvalue weighted by Crippen LogP contribution is 2.58. The Bertz CT molecular complexity index is 1970. The lowest BCUT2D eigenvalue weighted by molar-refractivity contribution is 0.0600. The zero-order valence-corrected chi connectivity index (χ0v) is 26.9. The molecule has 5 aromatic rings. The van der Waals surface area contributed by atoms with Crippen molar-refractivity contribution in [2.75, 3.05) is 27.3 Å². The Morgan fingerprint density at radius 3 is 2.55 bits per heavy atom. The number of imidazole rings is 2. The van der Waals surface area contributed by atoms with E-state index in [0.29, 0.717) is 46.2 Å². The number of aryl methyl sites for hydroxylation is 1. The van der Waals surface area contributed by atoms with Gasteiger partial charge in [0.1, 0.15) is 35.3 Å². The first kappa shape index (κ1) is 31.1. The molecule has 1 saturated carbocycles. The van der Waals surface area contributed by atoms with Crippen LogP contribution in [0.3, 0.4) is 0 Å². The van der Waals surface area contributed by atoms with E-state index in [1.165, 1.54) is 25.3 Å². The molecule has 2 atom stereocenters. The first-order chi connectivity index (χ1) is 22.8. The molecule has 2 unspecified atom stereocenters. The SMILES string of the molecule is CCn1cncc1Cn1c(CN2CC3C(C2)C3c2nc(OCc3ccc(Cl)cc3F)ccc2F)nc2c(OC)cc(C(=O)OC)cc21. The van der Waals surface area contributed by atoms with Gasteiger partial charge in [0, 0.05) is 48.4 Å². The third kappa shape index (κ3) is 5.91. The Hall–Kier alpha value is -4.55. The number of halogens is 3. The number of carbonyl (C=O) groups excluding carboxylic acids is 1. The van der Waals surface area contributed by atoms with Crippen LogP contribution in [-0.4, -0.2) is 62.3 Å². The fourth-order valence-corrected chi connectivity index (χ4v) is 6.91. The summed E-state index contributed by atoms with van der Waals surface area (Å²) >= 11 is 5.85. The van der Waals surface area contributed by atoms with Gasteiger partial charge in [-0.1, -0.05) is 17.7 Å². The van der Waals surface area contributed by atoms with Gasteiger partial charge in [0.15, 0.2) is 0 Å². The third-order valence-corrected chi connectivity index (χ3v) is 9.42. The van der Waals surface area contributed by atoms with Gasteiger partial charge in [-0.15, -0.1) is 0 Å². The number of hydrogen-bond donors (Lipinski definition) is 0. The Morgan fingerprint density at radius 2 is 1.83 bits per heavy atom. The average Bonchev–Trinajstić information content (AvgIpc) is 3.42. The zero-order valence-electron chi connectivity index (χ0n) is 26.1. The van der Waals surface area contributed by atoms with Gasteiger partial charge < -0.3 is 23.3 Å². The van der Waals surface area contributed by atoms with Crippen LogP contribution in [0, 0.1) is 23.5 Å². The summed E-state index contributed by atoms with van der Waals surface area (Å²) in [6.07, 6.45) is 3.63. The number of fused-ring (bicyclic) bond motifs is 2. The molecule has 2 aromatic carbocycles. The van der Waals surface area contributed by atoms with Crippen molar-refractivity contribution < 1.29 is 27.8 Å². The minimum atomic E-state index is -0.469. The van der Waals surface area contributed by atoms with Crippen LogP contribution in [-0.2, 0) is 31.0 Å². The Labute approximate surface area is 274 Å². The first-order valence-electron chi connectivity index (χ1n) is 15.4. The highest BCUT2D eigenvalue weighted by molar-refractivity contribution is 6.30. The van der Waals surface area contributed by atoms with Gasteiger partial charge in [-0.25, -0.2) is 28.5 Å². The maximum Gasteiger partial charge on any atom is 0.338 e. The zero-order chi connectivity index (χ0) is 32.8. The van der Waals surface area contributed by atoms with Crippen molar-refractivity contribution in [2.24, 2.45) is 11.8 Å². The molecule has 0 amide bonds. The first-order valence-corrected chi connectivity index (χ1v) is 15.8. The quantitative estimate of drug-likeness (QED) is 0.163. The Morgan fingerprint density at radius 1 is 1.02 bits per heavy atom. The summed E-state index contributed by atoms with van der Waals surface area (Å²) < 4.78 is 49.8. The van der Waals surface area contributed by atoms with Gasteiger partial charge >= 0.3 is 5.97 Å². The summed E-state index contributed by atoms with van der Waals surface area (Å²) in [5.41, 5.74) is 3.51. The van der Waals surface area contributed by atoms with Gasteiger partial charge in [-0.05, 0) is 49.1 Å². The minimum absolute atomic E-state index is 0.0255. The standard InChI is InChI=1S/C34H33ClF2N6O4/c1-4-42-18-38-12-22(42)13-43-27-9-20(34(44)46-3)10-28(45-2)33(27)39-29(43)16-41-14-23-24(15-41)31(23)32-25(36)7-8-30(40-32)47-17-19-5-6-21(35)11-26(19)37/h5-12,18,23-24,31H,4,13-17H2,1-3H3. The average molecular weight is 663 g/mol. The summed E-state index contributed by atoms with van der Waals surface area (Å²) in [4.78, 5) is 28.7. The topological polar surface area (TPSA) is 96.5 Å². The number of carbonyl (C=O) groups is 1. The second-order valence-corrected chi connectivity index (χ2v) is 12.3. The number of piperidine rings is 1. The Kier molecular flexibility index (Phi) is 8.31. The minimum Gasteiger partial charge on any atom is -0.494 e. The van der Waals surface area contributed by atoms with Crippen LogP contribution in [0.1, 0.15) is 46.0 Å². The summed E-state index contributed by atoms with van der Waals surface area (Å²) in [7, 11) is 2.90. The van der Waals surface area contributed by atoms with Gasteiger partial charge in [0.2, 0.25) is 5.88 Å². The normalized spacial score (nSPS) is 18.8. The highest BCUT2D eigenvalue weighted by atomic mass is 35.5. The van der Waals surface area contributed by atoms with Crippen LogP contribution in [0.25, 0.3) is 11.0 Å². The lowest BCUT2D eigenvalue weighted by Crippen LogP contribution is -2.26. The van der Waals surface area contributed by atoms with Crippen LogP contribution < -0.4 is 9.47 Å². The van der Waals surface area contributed by atoms with E-state index in [0.717, 1.165) is 36.7 Å². The van der Waals surface area contributed by atoms with Crippen molar-refractivity contribution in [3.05, 3.63) is 100.0 Å². The van der Waals surface area contributed by atoms with Crippen molar-refractivity contribution >= 4 is 28.6 Å². The smallest absolute Gasteiger partial charge is 0.338 e. The molecule has 0 N–H and O–H groups in total. The third-order valence-electron chi connectivity index (χ3n) is 9.19. The predicted molar refractivity (Wildman–Crippen MR) is 170 cm³/mol. The number of rotatable bonds is 11. The molecule has 3 aromatic heterocycles. The molecule has 1 aliphatic heterocycles. The van der Waals surface area contributed by atoms with Gasteiger partial charge in [-0.2, -0.15) is 0 Å². The van der Waals surface area contributed by atoms with Crippen LogP contribution >= 0.6 is 11.6 Å². The molecule has 1 aliphatic carbocycles. The van der Waals surface area contributed by atoms with Crippen molar-refractivity contribution in [2.45, 2.75) is 39.1 Å². The van der Waals surface area contributed by atoms with E-state index in [9.17, 15) is 9.18 Å². The van der Waals surface area contributed by atoms with E-state index in [2.05, 4.69) is 30.9 Å². The van der Waals surface area contributed by atoms with Crippen molar-refractivity contribution in [1.29, 1.82) is 0 Å². The molecule has 0 spiro atoms. The lowest BCUT2D eigenvalue weighted by Gasteiger charge is -2.20. The molecule has 244 valence electrons. The monoisotopic (exact) mass is 662 g/mol. The maximum atomic E-state index is 15.0. The molecular weight excluding hydrogens is 630 g/mol. The van der Waals surface area contributed by atoms with Crippen LogP contribution in [0.4, 0.5) is 8.78 Å². The highest BCUT2D eigenvalue weighted by Gasteiger charge is 2.57. The molecule has 13 heteroatoms. The molecule has 7 rings (SSSR count). The number of aromatic nitrogens is 5. The van der Waals surface area contributed by atoms with Crippen molar-refractivity contribution in [3.8, 4) is 11.6 Å². The van der Waals surface area contributed by atoms with Crippen LogP contribution in [0.5, 0.6) is 11.6 Å². The van der Waals surface area contributed by atoms with Crippen molar-refractivity contribution in [3.63, 3.8) is 0 Å². The fraction of sp³-hybridized carbons (Fsp3) is 0.353. The van der Waals surface area contributed by atoms with Crippen LogP contribution in [0.2, 0.25) is 5.02 Å². The van der Waals surface area contributed by atoms with E-state index in [4.69, 9.17) is 30.8 Å². The van der Waals surface area contributed by atoms with E-state index >= 15 is 4.39 Å². The Balaban J connectivity index is 1.10. The number of pyridine rings is 1. The second kappa shape index (κ2) is 12.6. The summed E-state index contributed by atoms with van der Waals surface area (Å²) in [5.74, 6) is 0.695. The molecule has 10 nitrogen and oxygen atoms in total. The number of benzene rings is 2. The summed E-state index contributed by atoms with van der Waals surface area (Å²) in [6, 6.07) is 10.6. The number of methoxy groups -OCH3 is 2. The second-order valence-electron chi connectivity index (χ2n) is 11.9. The number of esters is 1. The number of nitrogens with zero attached hydrogens (tertiary/aromatic N) is 6. The summed E-state index contributed by atoms with van der Waals surface area (Å²) in [5, 5.41) is 0.302. The number of hydrogen-bond acceptors (Lipinski definition) is 8. The summed E-state index contributed by atoms with van der Waals surface area (Å²) in [6.45, 7) is 5.33. The molecular formula is C34H33ClF2N6O4. The molecule has 2 fully saturated rings.